The molecule has 5 rings (SSSR count). The highest BCUT2D eigenvalue weighted by atomic mass is 79.9. The predicted molar refractivity (Wildman–Crippen MR) is 84.3 cm³/mol. The molecule has 0 saturated heterocycles. The van der Waals surface area contributed by atoms with E-state index < -0.39 is 6.10 Å². The van der Waals surface area contributed by atoms with Crippen LogP contribution in [0, 0.1) is 28.5 Å². The van der Waals surface area contributed by atoms with Crippen LogP contribution in [0.3, 0.4) is 0 Å². The Labute approximate surface area is 134 Å². The Morgan fingerprint density at radius 3 is 2.48 bits per heavy atom. The van der Waals surface area contributed by atoms with Crippen LogP contribution in [-0.4, -0.2) is 5.11 Å². The summed E-state index contributed by atoms with van der Waals surface area (Å²) in [6, 6.07) is 4.98. The number of halogens is 2. The molecular formula is C18H22BrFO. The largest absolute Gasteiger partial charge is 0.388 e. The molecular weight excluding hydrogens is 331 g/mol. The van der Waals surface area contributed by atoms with E-state index in [1.165, 1.54) is 25.3 Å². The fourth-order valence-corrected chi connectivity index (χ4v) is 6.55. The van der Waals surface area contributed by atoms with Crippen molar-refractivity contribution in [3.8, 4) is 0 Å². The standard InChI is InChI=1S/C18H22BrFO/c1-17-6-11-4-12(7-17)9-18(8-11,10-17)16(21)13-2-3-15(20)14(19)5-13/h2-3,5,11-12,16,21H,4,6-10H2,1H3. The van der Waals surface area contributed by atoms with Crippen molar-refractivity contribution in [2.45, 2.75) is 51.6 Å². The maximum atomic E-state index is 13.5. The summed E-state index contributed by atoms with van der Waals surface area (Å²) < 4.78 is 13.9. The lowest BCUT2D eigenvalue weighted by atomic mass is 9.43. The summed E-state index contributed by atoms with van der Waals surface area (Å²) in [6.07, 6.45) is 7.00. The maximum absolute atomic E-state index is 13.5. The molecule has 4 fully saturated rings. The van der Waals surface area contributed by atoms with E-state index in [0.29, 0.717) is 9.89 Å². The van der Waals surface area contributed by atoms with Crippen LogP contribution in [0.5, 0.6) is 0 Å². The van der Waals surface area contributed by atoms with E-state index in [4.69, 9.17) is 0 Å². The lowest BCUT2D eigenvalue weighted by Gasteiger charge is -2.62. The van der Waals surface area contributed by atoms with E-state index in [1.54, 1.807) is 12.1 Å². The predicted octanol–water partition coefficient (Wildman–Crippen LogP) is 5.23. The Morgan fingerprint density at radius 1 is 1.24 bits per heavy atom. The molecule has 1 nitrogen and oxygen atoms in total. The fraction of sp³-hybridized carbons (Fsp3) is 0.667. The van der Waals surface area contributed by atoms with Crippen molar-refractivity contribution in [1.29, 1.82) is 0 Å². The quantitative estimate of drug-likeness (QED) is 0.772. The van der Waals surface area contributed by atoms with Gasteiger partial charge in [-0.05, 0) is 89.4 Å². The Bertz CT molecular complexity index is 571. The molecule has 0 aromatic heterocycles. The minimum absolute atomic E-state index is 0.0239. The number of aliphatic hydroxyl groups is 1. The molecule has 4 aliphatic rings. The van der Waals surface area contributed by atoms with Crippen LogP contribution in [0.2, 0.25) is 0 Å². The molecule has 21 heavy (non-hydrogen) atoms. The van der Waals surface area contributed by atoms with Crippen LogP contribution in [0.15, 0.2) is 22.7 Å². The van der Waals surface area contributed by atoms with Gasteiger partial charge < -0.3 is 5.11 Å². The average molecular weight is 353 g/mol. The molecule has 114 valence electrons. The summed E-state index contributed by atoms with van der Waals surface area (Å²) in [5.41, 5.74) is 1.31. The van der Waals surface area contributed by atoms with E-state index in [-0.39, 0.29) is 11.2 Å². The zero-order valence-electron chi connectivity index (χ0n) is 12.4. The molecule has 1 N–H and O–H groups in total. The first-order valence-corrected chi connectivity index (χ1v) is 8.82. The van der Waals surface area contributed by atoms with Crippen molar-refractivity contribution < 1.29 is 9.50 Å². The van der Waals surface area contributed by atoms with Crippen LogP contribution >= 0.6 is 15.9 Å². The highest BCUT2D eigenvalue weighted by molar-refractivity contribution is 9.10. The van der Waals surface area contributed by atoms with Crippen LogP contribution in [0.1, 0.15) is 57.1 Å². The van der Waals surface area contributed by atoms with Crippen molar-refractivity contribution >= 4 is 15.9 Å². The van der Waals surface area contributed by atoms with Gasteiger partial charge in [-0.15, -0.1) is 0 Å². The Morgan fingerprint density at radius 2 is 1.90 bits per heavy atom. The molecule has 0 amide bonds. The van der Waals surface area contributed by atoms with Gasteiger partial charge in [0.25, 0.3) is 0 Å². The SMILES string of the molecule is CC12CC3CC(C1)CC(C(O)c1ccc(F)c(Br)c1)(C3)C2. The summed E-state index contributed by atoms with van der Waals surface area (Å²) in [5.74, 6) is 1.31. The van der Waals surface area contributed by atoms with Gasteiger partial charge in [-0.25, -0.2) is 4.39 Å². The fourth-order valence-electron chi connectivity index (χ4n) is 6.15. The number of aliphatic hydroxyl groups excluding tert-OH is 1. The van der Waals surface area contributed by atoms with Gasteiger partial charge in [0.15, 0.2) is 0 Å². The number of rotatable bonds is 2. The molecule has 4 saturated carbocycles. The first-order chi connectivity index (χ1) is 9.89. The molecule has 0 heterocycles. The number of hydrogen-bond acceptors (Lipinski definition) is 1. The molecule has 3 unspecified atom stereocenters. The Kier molecular flexibility index (Phi) is 3.07. The smallest absolute Gasteiger partial charge is 0.137 e. The normalized spacial score (nSPS) is 42.3. The van der Waals surface area contributed by atoms with Crippen molar-refractivity contribution in [3.63, 3.8) is 0 Å². The van der Waals surface area contributed by atoms with E-state index in [9.17, 15) is 9.50 Å². The summed E-state index contributed by atoms with van der Waals surface area (Å²) >= 11 is 3.25. The minimum Gasteiger partial charge on any atom is -0.388 e. The molecule has 1 aromatic rings. The Hall–Kier alpha value is -0.410. The van der Waals surface area contributed by atoms with E-state index in [1.807, 2.05) is 0 Å². The second kappa shape index (κ2) is 4.55. The third-order valence-electron chi connectivity index (χ3n) is 6.24. The summed E-state index contributed by atoms with van der Waals surface area (Å²) in [4.78, 5) is 0. The second-order valence-corrected chi connectivity index (χ2v) is 9.06. The van der Waals surface area contributed by atoms with Crippen molar-refractivity contribution in [1.82, 2.24) is 0 Å². The topological polar surface area (TPSA) is 20.2 Å². The lowest BCUT2D eigenvalue weighted by Crippen LogP contribution is -2.53. The molecule has 0 radical (unpaired) electrons. The summed E-state index contributed by atoms with van der Waals surface area (Å²) in [7, 11) is 0. The van der Waals surface area contributed by atoms with Crippen molar-refractivity contribution in [3.05, 3.63) is 34.1 Å². The molecule has 1 aromatic carbocycles. The molecule has 4 bridgehead atoms. The highest BCUT2D eigenvalue weighted by Gasteiger charge is 2.58. The van der Waals surface area contributed by atoms with Gasteiger partial charge >= 0.3 is 0 Å². The lowest BCUT2D eigenvalue weighted by molar-refractivity contribution is -0.155. The Balaban J connectivity index is 1.70. The third-order valence-corrected chi connectivity index (χ3v) is 6.85. The molecule has 3 heteroatoms. The molecule has 0 spiro atoms. The molecule has 0 aliphatic heterocycles. The van der Waals surface area contributed by atoms with Crippen LogP contribution in [0.4, 0.5) is 4.39 Å². The first-order valence-electron chi connectivity index (χ1n) is 8.02. The van der Waals surface area contributed by atoms with Gasteiger partial charge in [0, 0.05) is 5.41 Å². The van der Waals surface area contributed by atoms with Gasteiger partial charge in [-0.3, -0.25) is 0 Å². The number of hydrogen-bond donors (Lipinski definition) is 1. The zero-order valence-corrected chi connectivity index (χ0v) is 14.0. The maximum Gasteiger partial charge on any atom is 0.137 e. The van der Waals surface area contributed by atoms with Gasteiger partial charge in [-0.2, -0.15) is 0 Å². The van der Waals surface area contributed by atoms with E-state index >= 15 is 0 Å². The third kappa shape index (κ3) is 2.19. The van der Waals surface area contributed by atoms with E-state index in [2.05, 4.69) is 22.9 Å². The van der Waals surface area contributed by atoms with Gasteiger partial charge in [0.1, 0.15) is 5.82 Å². The van der Waals surface area contributed by atoms with Gasteiger partial charge in [-0.1, -0.05) is 13.0 Å². The molecule has 3 atom stereocenters. The zero-order chi connectivity index (χ0) is 14.8. The van der Waals surface area contributed by atoms with Gasteiger partial charge in [0.05, 0.1) is 10.6 Å². The first kappa shape index (κ1) is 14.2. The van der Waals surface area contributed by atoms with Crippen LogP contribution in [-0.2, 0) is 0 Å². The van der Waals surface area contributed by atoms with Gasteiger partial charge in [0.2, 0.25) is 0 Å². The van der Waals surface area contributed by atoms with Crippen molar-refractivity contribution in [2.75, 3.05) is 0 Å². The monoisotopic (exact) mass is 352 g/mol. The van der Waals surface area contributed by atoms with Crippen molar-refractivity contribution in [2.24, 2.45) is 22.7 Å². The summed E-state index contributed by atoms with van der Waals surface area (Å²) in [5, 5.41) is 11.1. The number of benzene rings is 1. The molecule has 4 aliphatic carbocycles. The summed E-state index contributed by atoms with van der Waals surface area (Å²) in [6.45, 7) is 2.41. The minimum atomic E-state index is -0.459. The average Bonchev–Trinajstić information content (AvgIpc) is 2.38. The second-order valence-electron chi connectivity index (χ2n) is 8.21. The van der Waals surface area contributed by atoms with Crippen LogP contribution < -0.4 is 0 Å². The van der Waals surface area contributed by atoms with Crippen LogP contribution in [0.25, 0.3) is 0 Å². The van der Waals surface area contributed by atoms with E-state index in [0.717, 1.165) is 36.7 Å². The highest BCUT2D eigenvalue weighted by Crippen LogP contribution is 2.68.